The van der Waals surface area contributed by atoms with E-state index in [1.165, 1.54) is 17.7 Å². The Morgan fingerprint density at radius 3 is 2.67 bits per heavy atom. The van der Waals surface area contributed by atoms with Crippen molar-refractivity contribution in [2.24, 2.45) is 0 Å². The molecule has 0 spiro atoms. The summed E-state index contributed by atoms with van der Waals surface area (Å²) in [6.45, 7) is 1.39. The highest BCUT2D eigenvalue weighted by Crippen LogP contribution is 2.37. The maximum atomic E-state index is 12.7. The van der Waals surface area contributed by atoms with E-state index in [1.807, 2.05) is 17.2 Å². The van der Waals surface area contributed by atoms with Gasteiger partial charge in [-0.15, -0.1) is 0 Å². The Labute approximate surface area is 125 Å². The smallest absolute Gasteiger partial charge is 0.367 e. The minimum atomic E-state index is -4.42. The maximum Gasteiger partial charge on any atom is 0.417 e. The van der Waals surface area contributed by atoms with E-state index in [9.17, 15) is 13.2 Å². The van der Waals surface area contributed by atoms with E-state index in [0.29, 0.717) is 12.2 Å². The lowest BCUT2D eigenvalue weighted by Gasteiger charge is -2.30. The number of halogens is 4. The van der Waals surface area contributed by atoms with Crippen LogP contribution in [-0.2, 0) is 19.1 Å². The molecule has 6 heteroatoms. The van der Waals surface area contributed by atoms with Crippen LogP contribution in [0.1, 0.15) is 16.7 Å². The number of rotatable bonds is 1. The fourth-order valence-corrected chi connectivity index (χ4v) is 2.81. The molecule has 110 valence electrons. The van der Waals surface area contributed by atoms with Gasteiger partial charge in [0, 0.05) is 31.2 Å². The summed E-state index contributed by atoms with van der Waals surface area (Å²) in [6.07, 6.45) is -0.0357. The highest BCUT2D eigenvalue weighted by atomic mass is 35.5. The molecule has 0 N–H and O–H groups in total. The zero-order valence-corrected chi connectivity index (χ0v) is 11.7. The van der Waals surface area contributed by atoms with Crippen molar-refractivity contribution in [3.8, 4) is 0 Å². The Bertz CT molecular complexity index is 670. The van der Waals surface area contributed by atoms with Gasteiger partial charge < -0.3 is 4.90 Å². The molecule has 21 heavy (non-hydrogen) atoms. The van der Waals surface area contributed by atoms with Gasteiger partial charge in [0.15, 0.2) is 0 Å². The number of hydrogen-bond donors (Lipinski definition) is 0. The van der Waals surface area contributed by atoms with Crippen LogP contribution in [0.3, 0.4) is 0 Å². The summed E-state index contributed by atoms with van der Waals surface area (Å²) in [6, 6.07) is 5.84. The van der Waals surface area contributed by atoms with Gasteiger partial charge in [0.05, 0.1) is 10.6 Å². The molecule has 2 nitrogen and oxygen atoms in total. The average molecular weight is 313 g/mol. The first-order valence-electron chi connectivity index (χ1n) is 6.48. The van der Waals surface area contributed by atoms with Crippen molar-refractivity contribution in [2.75, 3.05) is 11.4 Å². The van der Waals surface area contributed by atoms with Gasteiger partial charge in [0.1, 0.15) is 0 Å². The van der Waals surface area contributed by atoms with Gasteiger partial charge in [-0.25, -0.2) is 0 Å². The molecule has 1 aliphatic heterocycles. The SMILES string of the molecule is FC(F)(F)c1ccc(N2CCc3cnccc3C2)cc1Cl. The van der Waals surface area contributed by atoms with E-state index in [-0.39, 0.29) is 5.02 Å². The van der Waals surface area contributed by atoms with Crippen LogP contribution in [0.15, 0.2) is 36.7 Å². The molecule has 3 rings (SSSR count). The molecule has 0 radical (unpaired) electrons. The molecule has 0 amide bonds. The molecule has 0 bridgehead atoms. The van der Waals surface area contributed by atoms with Crippen molar-refractivity contribution >= 4 is 17.3 Å². The zero-order chi connectivity index (χ0) is 15.0. The minimum Gasteiger partial charge on any atom is -0.367 e. The molecular weight excluding hydrogens is 301 g/mol. The normalized spacial score (nSPS) is 15.0. The monoisotopic (exact) mass is 312 g/mol. The van der Waals surface area contributed by atoms with Crippen molar-refractivity contribution < 1.29 is 13.2 Å². The Kier molecular flexibility index (Phi) is 3.53. The molecule has 0 unspecified atom stereocenters. The van der Waals surface area contributed by atoms with Crippen molar-refractivity contribution in [2.45, 2.75) is 19.1 Å². The van der Waals surface area contributed by atoms with Gasteiger partial charge in [-0.1, -0.05) is 11.6 Å². The fraction of sp³-hybridized carbons (Fsp3) is 0.267. The van der Waals surface area contributed by atoms with E-state index in [1.54, 1.807) is 6.20 Å². The van der Waals surface area contributed by atoms with E-state index >= 15 is 0 Å². The summed E-state index contributed by atoms with van der Waals surface area (Å²) in [4.78, 5) is 6.11. The standard InChI is InChI=1S/C15H12ClF3N2/c16-14-7-12(1-2-13(14)15(17,18)19)21-6-4-10-8-20-5-3-11(10)9-21/h1-3,5,7-8H,4,6,9H2. The van der Waals surface area contributed by atoms with Crippen LogP contribution in [-0.4, -0.2) is 11.5 Å². The molecule has 0 atom stereocenters. The van der Waals surface area contributed by atoms with E-state index < -0.39 is 11.7 Å². The van der Waals surface area contributed by atoms with E-state index in [0.717, 1.165) is 24.6 Å². The third-order valence-electron chi connectivity index (χ3n) is 3.64. The number of hydrogen-bond acceptors (Lipinski definition) is 2. The molecule has 0 fully saturated rings. The molecule has 0 saturated carbocycles. The van der Waals surface area contributed by atoms with Crippen LogP contribution in [0.5, 0.6) is 0 Å². The lowest BCUT2D eigenvalue weighted by Crippen LogP contribution is -2.30. The largest absolute Gasteiger partial charge is 0.417 e. The fourth-order valence-electron chi connectivity index (χ4n) is 2.53. The first-order valence-corrected chi connectivity index (χ1v) is 6.86. The van der Waals surface area contributed by atoms with Crippen LogP contribution in [0.25, 0.3) is 0 Å². The van der Waals surface area contributed by atoms with E-state index in [2.05, 4.69) is 4.98 Å². The summed E-state index contributed by atoms with van der Waals surface area (Å²) >= 11 is 5.78. The van der Waals surface area contributed by atoms with Gasteiger partial charge >= 0.3 is 6.18 Å². The molecule has 1 aliphatic rings. The van der Waals surface area contributed by atoms with Crippen LogP contribution >= 0.6 is 11.6 Å². The molecule has 0 saturated heterocycles. The Balaban J connectivity index is 1.88. The minimum absolute atomic E-state index is 0.263. The number of aromatic nitrogens is 1. The third kappa shape index (κ3) is 2.83. The maximum absolute atomic E-state index is 12.7. The zero-order valence-electron chi connectivity index (χ0n) is 11.0. The second kappa shape index (κ2) is 5.22. The third-order valence-corrected chi connectivity index (χ3v) is 3.95. The number of benzene rings is 1. The Hall–Kier alpha value is -1.75. The molecule has 0 aliphatic carbocycles. The van der Waals surface area contributed by atoms with Crippen molar-refractivity contribution in [3.63, 3.8) is 0 Å². The molecule has 1 aromatic heterocycles. The number of fused-ring (bicyclic) bond motifs is 1. The second-order valence-electron chi connectivity index (χ2n) is 4.98. The predicted molar refractivity (Wildman–Crippen MR) is 75.4 cm³/mol. The molecule has 2 heterocycles. The van der Waals surface area contributed by atoms with Crippen LogP contribution in [0.2, 0.25) is 5.02 Å². The van der Waals surface area contributed by atoms with Crippen molar-refractivity contribution in [1.82, 2.24) is 4.98 Å². The lowest BCUT2D eigenvalue weighted by molar-refractivity contribution is -0.137. The number of nitrogens with zero attached hydrogens (tertiary/aromatic N) is 2. The highest BCUT2D eigenvalue weighted by molar-refractivity contribution is 6.31. The van der Waals surface area contributed by atoms with Gasteiger partial charge in [0.2, 0.25) is 0 Å². The Morgan fingerprint density at radius 2 is 1.95 bits per heavy atom. The molecule has 2 aromatic rings. The molecular formula is C15H12ClF3N2. The van der Waals surface area contributed by atoms with Gasteiger partial charge in [0.25, 0.3) is 0 Å². The van der Waals surface area contributed by atoms with Crippen LogP contribution in [0.4, 0.5) is 18.9 Å². The first kappa shape index (κ1) is 14.2. The average Bonchev–Trinajstić information content (AvgIpc) is 2.45. The lowest BCUT2D eigenvalue weighted by atomic mass is 10.0. The quantitative estimate of drug-likeness (QED) is 0.779. The van der Waals surface area contributed by atoms with E-state index in [4.69, 9.17) is 11.6 Å². The van der Waals surface area contributed by atoms with Gasteiger partial charge in [-0.2, -0.15) is 13.2 Å². The highest BCUT2D eigenvalue weighted by Gasteiger charge is 2.33. The second-order valence-corrected chi connectivity index (χ2v) is 5.39. The van der Waals surface area contributed by atoms with Crippen LogP contribution < -0.4 is 4.90 Å². The molecule has 1 aromatic carbocycles. The van der Waals surface area contributed by atoms with Gasteiger partial charge in [-0.05, 0) is 41.8 Å². The van der Waals surface area contributed by atoms with Crippen molar-refractivity contribution in [3.05, 3.63) is 58.4 Å². The Morgan fingerprint density at radius 1 is 1.14 bits per heavy atom. The number of anilines is 1. The topological polar surface area (TPSA) is 16.1 Å². The summed E-state index contributed by atoms with van der Waals surface area (Å²) in [5, 5.41) is -0.263. The first-order chi connectivity index (χ1) is 9.95. The van der Waals surface area contributed by atoms with Crippen molar-refractivity contribution in [1.29, 1.82) is 0 Å². The van der Waals surface area contributed by atoms with Gasteiger partial charge in [-0.3, -0.25) is 4.98 Å². The summed E-state index contributed by atoms with van der Waals surface area (Å²) in [5.74, 6) is 0. The summed E-state index contributed by atoms with van der Waals surface area (Å²) in [5.41, 5.74) is 2.24. The predicted octanol–water partition coefficient (Wildman–Crippen LogP) is 4.32. The number of pyridine rings is 1. The summed E-state index contributed by atoms with van der Waals surface area (Å²) < 4.78 is 38.1. The summed E-state index contributed by atoms with van der Waals surface area (Å²) in [7, 11) is 0. The van der Waals surface area contributed by atoms with Crippen LogP contribution in [0, 0.1) is 0 Å². The number of alkyl halides is 3.